The lowest BCUT2D eigenvalue weighted by Crippen LogP contribution is -2.44. The summed E-state index contributed by atoms with van der Waals surface area (Å²) in [5.41, 5.74) is 2.14. The first kappa shape index (κ1) is 44.4. The topological polar surface area (TPSA) is 165 Å². The van der Waals surface area contributed by atoms with E-state index in [1.54, 1.807) is 81.4 Å². The molecule has 0 aromatic heterocycles. The van der Waals surface area contributed by atoms with Crippen LogP contribution < -0.4 is 10.4 Å². The van der Waals surface area contributed by atoms with Gasteiger partial charge in [0.15, 0.2) is 0 Å². The van der Waals surface area contributed by atoms with Crippen molar-refractivity contribution >= 4 is 31.7 Å². The Hall–Kier alpha value is -5.33. The highest BCUT2D eigenvalue weighted by atomic mass is 31.2. The molecule has 13 nitrogen and oxygen atoms in total. The summed E-state index contributed by atoms with van der Waals surface area (Å²) in [4.78, 5) is 52.2. The second kappa shape index (κ2) is 23.0. The number of ether oxygens (including phenoxy) is 4. The molecule has 0 bridgehead atoms. The van der Waals surface area contributed by atoms with Gasteiger partial charge in [-0.1, -0.05) is 121 Å². The van der Waals surface area contributed by atoms with Gasteiger partial charge in [-0.2, -0.15) is 0 Å². The van der Waals surface area contributed by atoms with Gasteiger partial charge in [0.25, 0.3) is 0 Å². The first-order chi connectivity index (χ1) is 27.4. The molecule has 0 spiro atoms. The molecule has 3 atom stereocenters. The molecule has 0 aliphatic carbocycles. The molecule has 0 saturated carbocycles. The standard InChI is InChI=1S/C43H51N2O11P/c1-43(2,3)56-42(49)44-37(40(47)52-30-34-19-10-5-11-20-34)25-16-28-54-57(50,55-32-36-23-14-7-15-24-36)45-38(41(48)53-31-35-21-12-6-13-22-35)26-27-39(46)51-29-33-17-8-4-9-18-33/h4-15,17-24,37-38H,16,25-32H2,1-3H3,(H,44,49)(H,45,50)/t37-,38?,57-/m1/s1. The van der Waals surface area contributed by atoms with Crippen LogP contribution in [0.15, 0.2) is 121 Å². The molecule has 0 saturated heterocycles. The van der Waals surface area contributed by atoms with Crippen LogP contribution in [0.5, 0.6) is 0 Å². The van der Waals surface area contributed by atoms with Gasteiger partial charge < -0.3 is 24.3 Å². The van der Waals surface area contributed by atoms with Gasteiger partial charge >= 0.3 is 31.7 Å². The fourth-order valence-electron chi connectivity index (χ4n) is 5.17. The van der Waals surface area contributed by atoms with Crippen molar-refractivity contribution in [1.82, 2.24) is 10.4 Å². The maximum atomic E-state index is 14.4. The fraction of sp³-hybridized carbons (Fsp3) is 0.349. The van der Waals surface area contributed by atoms with Crippen molar-refractivity contribution in [3.05, 3.63) is 144 Å². The zero-order valence-electron chi connectivity index (χ0n) is 32.5. The highest BCUT2D eigenvalue weighted by Crippen LogP contribution is 2.46. The lowest BCUT2D eigenvalue weighted by atomic mass is 10.1. The first-order valence-corrected chi connectivity index (χ1v) is 20.2. The molecule has 2 N–H and O–H groups in total. The molecule has 0 fully saturated rings. The summed E-state index contributed by atoms with van der Waals surface area (Å²) in [7, 11) is -4.34. The van der Waals surface area contributed by atoms with Gasteiger partial charge in [-0.3, -0.25) is 18.6 Å². The second-order valence-electron chi connectivity index (χ2n) is 14.0. The molecule has 0 radical (unpaired) electrons. The van der Waals surface area contributed by atoms with E-state index in [0.717, 1.165) is 16.7 Å². The fourth-order valence-corrected chi connectivity index (χ4v) is 6.70. The van der Waals surface area contributed by atoms with Crippen LogP contribution in [0, 0.1) is 0 Å². The van der Waals surface area contributed by atoms with E-state index in [2.05, 4.69) is 10.4 Å². The van der Waals surface area contributed by atoms with Crippen molar-refractivity contribution in [2.75, 3.05) is 6.61 Å². The molecule has 0 aliphatic rings. The summed E-state index contributed by atoms with van der Waals surface area (Å²) in [6.07, 6.45) is -1.08. The number of hydrogen-bond acceptors (Lipinski definition) is 11. The molecule has 57 heavy (non-hydrogen) atoms. The normalized spacial score (nSPS) is 13.3. The third kappa shape index (κ3) is 17.6. The predicted octanol–water partition coefficient (Wildman–Crippen LogP) is 7.97. The minimum absolute atomic E-state index is 0.0152. The lowest BCUT2D eigenvalue weighted by Gasteiger charge is -2.25. The van der Waals surface area contributed by atoms with Crippen molar-refractivity contribution in [2.24, 2.45) is 0 Å². The molecule has 0 heterocycles. The Bertz CT molecular complexity index is 1880. The molecule has 4 rings (SSSR count). The van der Waals surface area contributed by atoms with Gasteiger partial charge in [0.2, 0.25) is 0 Å². The summed E-state index contributed by atoms with van der Waals surface area (Å²) in [5, 5.41) is 5.29. The van der Waals surface area contributed by atoms with E-state index in [9.17, 15) is 23.7 Å². The summed E-state index contributed by atoms with van der Waals surface area (Å²) in [6.45, 7) is 4.66. The monoisotopic (exact) mass is 802 g/mol. The van der Waals surface area contributed by atoms with Gasteiger partial charge in [-0.05, 0) is 62.3 Å². The summed E-state index contributed by atoms with van der Waals surface area (Å²) in [5.74, 6) is -2.07. The second-order valence-corrected chi connectivity index (χ2v) is 15.8. The van der Waals surface area contributed by atoms with E-state index in [1.165, 1.54) is 0 Å². The van der Waals surface area contributed by atoms with E-state index in [1.807, 2.05) is 60.7 Å². The summed E-state index contributed by atoms with van der Waals surface area (Å²) >= 11 is 0. The number of carbonyl (C=O) groups is 4. The molecule has 14 heteroatoms. The zero-order chi connectivity index (χ0) is 40.9. The Morgan fingerprint density at radius 1 is 0.579 bits per heavy atom. The van der Waals surface area contributed by atoms with Crippen molar-refractivity contribution in [1.29, 1.82) is 0 Å². The maximum absolute atomic E-state index is 14.4. The number of nitrogens with one attached hydrogen (secondary N) is 2. The average Bonchev–Trinajstić information content (AvgIpc) is 3.21. The highest BCUT2D eigenvalue weighted by Gasteiger charge is 2.34. The number of amides is 1. The van der Waals surface area contributed by atoms with Crippen molar-refractivity contribution in [2.45, 2.75) is 90.6 Å². The Balaban J connectivity index is 1.46. The van der Waals surface area contributed by atoms with Crippen LogP contribution in [0.25, 0.3) is 0 Å². The quantitative estimate of drug-likeness (QED) is 0.0341. The summed E-state index contributed by atoms with van der Waals surface area (Å²) < 4.78 is 48.0. The Morgan fingerprint density at radius 3 is 1.49 bits per heavy atom. The summed E-state index contributed by atoms with van der Waals surface area (Å²) in [6, 6.07) is 33.7. The minimum Gasteiger partial charge on any atom is -0.461 e. The number of carbonyl (C=O) groups excluding carboxylic acids is 4. The molecule has 304 valence electrons. The molecule has 4 aromatic rings. The lowest BCUT2D eigenvalue weighted by molar-refractivity contribution is -0.149. The molecule has 1 amide bonds. The number of hydrogen-bond donors (Lipinski definition) is 2. The van der Waals surface area contributed by atoms with Crippen LogP contribution in [-0.4, -0.2) is 48.3 Å². The Kier molecular flexibility index (Phi) is 17.9. The van der Waals surface area contributed by atoms with E-state index in [4.69, 9.17) is 28.0 Å². The van der Waals surface area contributed by atoms with Gasteiger partial charge in [-0.15, -0.1) is 0 Å². The van der Waals surface area contributed by atoms with Gasteiger partial charge in [0, 0.05) is 6.42 Å². The number of rotatable bonds is 22. The Morgan fingerprint density at radius 2 is 1.02 bits per heavy atom. The smallest absolute Gasteiger partial charge is 0.408 e. The van der Waals surface area contributed by atoms with Crippen LogP contribution in [0.1, 0.15) is 68.7 Å². The molecule has 1 unspecified atom stereocenters. The molecule has 0 aliphatic heterocycles. The SMILES string of the molecule is CC(C)(C)OC(=O)N[C@H](CCCO[P@](=O)(NC(CCC(=O)OCc1ccccc1)C(=O)OCc1ccccc1)OCc1ccccc1)C(=O)OCc1ccccc1. The van der Waals surface area contributed by atoms with E-state index in [0.29, 0.717) is 5.56 Å². The van der Waals surface area contributed by atoms with Crippen molar-refractivity contribution in [3.63, 3.8) is 0 Å². The van der Waals surface area contributed by atoms with Crippen LogP contribution in [-0.2, 0) is 73.4 Å². The zero-order valence-corrected chi connectivity index (χ0v) is 33.4. The molecule has 4 aromatic carbocycles. The van der Waals surface area contributed by atoms with E-state index in [-0.39, 0.29) is 58.7 Å². The molecular weight excluding hydrogens is 751 g/mol. The van der Waals surface area contributed by atoms with Crippen LogP contribution in [0.3, 0.4) is 0 Å². The van der Waals surface area contributed by atoms with Crippen LogP contribution >= 0.6 is 7.75 Å². The maximum Gasteiger partial charge on any atom is 0.408 e. The highest BCUT2D eigenvalue weighted by molar-refractivity contribution is 7.51. The van der Waals surface area contributed by atoms with E-state index >= 15 is 0 Å². The average molecular weight is 803 g/mol. The van der Waals surface area contributed by atoms with Crippen LogP contribution in [0.4, 0.5) is 4.79 Å². The van der Waals surface area contributed by atoms with Gasteiger partial charge in [0.05, 0.1) is 13.2 Å². The van der Waals surface area contributed by atoms with Gasteiger partial charge in [0.1, 0.15) is 37.5 Å². The van der Waals surface area contributed by atoms with E-state index < -0.39 is 49.4 Å². The third-order valence-corrected chi connectivity index (χ3v) is 9.66. The number of esters is 3. The molecular formula is C43H51N2O11P. The Labute approximate surface area is 333 Å². The van der Waals surface area contributed by atoms with Crippen molar-refractivity contribution < 1.29 is 51.7 Å². The van der Waals surface area contributed by atoms with Gasteiger partial charge in [-0.25, -0.2) is 19.2 Å². The third-order valence-electron chi connectivity index (χ3n) is 8.04. The predicted molar refractivity (Wildman–Crippen MR) is 212 cm³/mol. The van der Waals surface area contributed by atoms with Crippen molar-refractivity contribution in [3.8, 4) is 0 Å². The largest absolute Gasteiger partial charge is 0.461 e. The number of benzene rings is 4. The van der Waals surface area contributed by atoms with Crippen LogP contribution in [0.2, 0.25) is 0 Å². The minimum atomic E-state index is -4.34. The number of alkyl carbamates (subject to hydrolysis) is 1. The first-order valence-electron chi connectivity index (χ1n) is 18.7.